The minimum atomic E-state index is -4.29. The molecule has 4 heteroatoms. The molecule has 1 aromatic carbocycles. The zero-order valence-electron chi connectivity index (χ0n) is 12.0. The highest BCUT2D eigenvalue weighted by atomic mass is 19.4. The molecule has 20 heavy (non-hydrogen) atoms. The molecule has 0 aromatic heterocycles. The summed E-state index contributed by atoms with van der Waals surface area (Å²) in [6.45, 7) is 4.28. The second kappa shape index (κ2) is 5.40. The van der Waals surface area contributed by atoms with Gasteiger partial charge in [0.15, 0.2) is 0 Å². The smallest absolute Gasteiger partial charge is 0.325 e. The van der Waals surface area contributed by atoms with Gasteiger partial charge in [-0.15, -0.1) is 0 Å². The SMILES string of the molecule is CC1CCC(C)C(N)(Cc2cccc(C(F)(F)F)c2)C1. The molecule has 1 saturated carbocycles. The molecule has 1 aromatic rings. The third-order valence-electron chi connectivity index (χ3n) is 4.59. The van der Waals surface area contributed by atoms with Crippen LogP contribution in [0.5, 0.6) is 0 Å². The van der Waals surface area contributed by atoms with Gasteiger partial charge in [0, 0.05) is 5.54 Å². The summed E-state index contributed by atoms with van der Waals surface area (Å²) in [6.07, 6.45) is -0.685. The van der Waals surface area contributed by atoms with Gasteiger partial charge in [0.1, 0.15) is 0 Å². The van der Waals surface area contributed by atoms with Crippen molar-refractivity contribution in [2.45, 2.75) is 51.2 Å². The standard InChI is InChI=1S/C16H22F3N/c1-11-6-7-12(2)15(20,9-11)10-13-4-3-5-14(8-13)16(17,18)19/h3-5,8,11-12H,6-7,9-10,20H2,1-2H3. The van der Waals surface area contributed by atoms with E-state index in [1.165, 1.54) is 12.1 Å². The first-order chi connectivity index (χ1) is 9.21. The number of hydrogen-bond acceptors (Lipinski definition) is 1. The zero-order valence-corrected chi connectivity index (χ0v) is 12.0. The van der Waals surface area contributed by atoms with Gasteiger partial charge >= 0.3 is 6.18 Å². The molecule has 0 amide bonds. The van der Waals surface area contributed by atoms with Crippen LogP contribution < -0.4 is 5.73 Å². The second-order valence-electron chi connectivity index (χ2n) is 6.40. The predicted molar refractivity (Wildman–Crippen MR) is 74.2 cm³/mol. The fourth-order valence-electron chi connectivity index (χ4n) is 3.26. The average Bonchev–Trinajstić information content (AvgIpc) is 2.33. The molecule has 0 heterocycles. The van der Waals surface area contributed by atoms with Crippen LogP contribution in [-0.4, -0.2) is 5.54 Å². The quantitative estimate of drug-likeness (QED) is 0.856. The number of benzene rings is 1. The van der Waals surface area contributed by atoms with Crippen LogP contribution in [0.15, 0.2) is 24.3 Å². The van der Waals surface area contributed by atoms with Gasteiger partial charge in [-0.05, 0) is 42.7 Å². The van der Waals surface area contributed by atoms with Crippen molar-refractivity contribution < 1.29 is 13.2 Å². The Morgan fingerprint density at radius 1 is 1.25 bits per heavy atom. The van der Waals surface area contributed by atoms with Crippen molar-refractivity contribution >= 4 is 0 Å². The summed E-state index contributed by atoms with van der Waals surface area (Å²) in [5.74, 6) is 0.884. The van der Waals surface area contributed by atoms with Crippen LogP contribution in [0.2, 0.25) is 0 Å². The molecule has 2 N–H and O–H groups in total. The molecule has 3 unspecified atom stereocenters. The molecule has 0 spiro atoms. The van der Waals surface area contributed by atoms with Crippen molar-refractivity contribution in [3.8, 4) is 0 Å². The molecule has 0 bridgehead atoms. The highest BCUT2D eigenvalue weighted by molar-refractivity contribution is 5.27. The Hall–Kier alpha value is -1.03. The van der Waals surface area contributed by atoms with E-state index in [1.54, 1.807) is 6.07 Å². The molecule has 1 aliphatic rings. The van der Waals surface area contributed by atoms with E-state index in [0.29, 0.717) is 23.8 Å². The van der Waals surface area contributed by atoms with Crippen LogP contribution in [0.25, 0.3) is 0 Å². The van der Waals surface area contributed by atoms with Crippen molar-refractivity contribution in [2.75, 3.05) is 0 Å². The van der Waals surface area contributed by atoms with Gasteiger partial charge in [-0.25, -0.2) is 0 Å². The van der Waals surface area contributed by atoms with Crippen molar-refractivity contribution in [3.05, 3.63) is 35.4 Å². The second-order valence-corrected chi connectivity index (χ2v) is 6.40. The van der Waals surface area contributed by atoms with E-state index >= 15 is 0 Å². The van der Waals surface area contributed by atoms with Crippen molar-refractivity contribution in [1.29, 1.82) is 0 Å². The summed E-state index contributed by atoms with van der Waals surface area (Å²) in [4.78, 5) is 0. The summed E-state index contributed by atoms with van der Waals surface area (Å²) in [7, 11) is 0. The Morgan fingerprint density at radius 2 is 1.95 bits per heavy atom. The highest BCUT2D eigenvalue weighted by Crippen LogP contribution is 2.38. The van der Waals surface area contributed by atoms with Crippen LogP contribution in [0.1, 0.15) is 44.2 Å². The molecule has 1 nitrogen and oxygen atoms in total. The Kier molecular flexibility index (Phi) is 4.14. The molecule has 2 rings (SSSR count). The lowest BCUT2D eigenvalue weighted by molar-refractivity contribution is -0.137. The van der Waals surface area contributed by atoms with Crippen LogP contribution in [0.4, 0.5) is 13.2 Å². The minimum absolute atomic E-state index is 0.341. The molecule has 1 aliphatic carbocycles. The fraction of sp³-hybridized carbons (Fsp3) is 0.625. The Labute approximate surface area is 118 Å². The summed E-state index contributed by atoms with van der Waals surface area (Å²) >= 11 is 0. The summed E-state index contributed by atoms with van der Waals surface area (Å²) in [5.41, 5.74) is 6.21. The van der Waals surface area contributed by atoms with Gasteiger partial charge in [0.25, 0.3) is 0 Å². The minimum Gasteiger partial charge on any atom is -0.325 e. The fourth-order valence-corrected chi connectivity index (χ4v) is 3.26. The maximum Gasteiger partial charge on any atom is 0.416 e. The number of halogens is 3. The first kappa shape index (κ1) is 15.4. The Bertz CT molecular complexity index is 469. The van der Waals surface area contributed by atoms with E-state index in [9.17, 15) is 13.2 Å². The van der Waals surface area contributed by atoms with E-state index in [2.05, 4.69) is 13.8 Å². The van der Waals surface area contributed by atoms with Crippen LogP contribution in [-0.2, 0) is 12.6 Å². The maximum absolute atomic E-state index is 12.7. The third-order valence-corrected chi connectivity index (χ3v) is 4.59. The monoisotopic (exact) mass is 285 g/mol. The van der Waals surface area contributed by atoms with Crippen LogP contribution in [0.3, 0.4) is 0 Å². The predicted octanol–water partition coefficient (Wildman–Crippen LogP) is 4.40. The van der Waals surface area contributed by atoms with E-state index in [-0.39, 0.29) is 5.54 Å². The molecule has 0 aliphatic heterocycles. The number of nitrogens with two attached hydrogens (primary N) is 1. The molecular formula is C16H22F3N. The average molecular weight is 285 g/mol. The molecule has 112 valence electrons. The molecule has 0 saturated heterocycles. The number of rotatable bonds is 2. The first-order valence-corrected chi connectivity index (χ1v) is 7.16. The normalized spacial score (nSPS) is 31.3. The molecule has 0 radical (unpaired) electrons. The van der Waals surface area contributed by atoms with E-state index < -0.39 is 11.7 Å². The van der Waals surface area contributed by atoms with Gasteiger partial charge in [-0.1, -0.05) is 38.5 Å². The topological polar surface area (TPSA) is 26.0 Å². The zero-order chi connectivity index (χ0) is 15.0. The van der Waals surface area contributed by atoms with Gasteiger partial charge in [-0.2, -0.15) is 13.2 Å². The van der Waals surface area contributed by atoms with E-state index in [0.717, 1.165) is 25.3 Å². The first-order valence-electron chi connectivity index (χ1n) is 7.16. The van der Waals surface area contributed by atoms with Crippen LogP contribution >= 0.6 is 0 Å². The Morgan fingerprint density at radius 3 is 2.60 bits per heavy atom. The molecule has 3 atom stereocenters. The molecule has 1 fully saturated rings. The lowest BCUT2D eigenvalue weighted by atomic mass is 9.68. The van der Waals surface area contributed by atoms with Crippen molar-refractivity contribution in [1.82, 2.24) is 0 Å². The lowest BCUT2D eigenvalue weighted by Crippen LogP contribution is -2.51. The van der Waals surface area contributed by atoms with Crippen molar-refractivity contribution in [3.63, 3.8) is 0 Å². The van der Waals surface area contributed by atoms with E-state index in [1.807, 2.05) is 0 Å². The Balaban J connectivity index is 2.20. The van der Waals surface area contributed by atoms with Crippen molar-refractivity contribution in [2.24, 2.45) is 17.6 Å². The maximum atomic E-state index is 12.7. The van der Waals surface area contributed by atoms with Crippen LogP contribution in [0, 0.1) is 11.8 Å². The van der Waals surface area contributed by atoms with Gasteiger partial charge in [-0.3, -0.25) is 0 Å². The number of hydrogen-bond donors (Lipinski definition) is 1. The van der Waals surface area contributed by atoms with Gasteiger partial charge < -0.3 is 5.73 Å². The number of alkyl halides is 3. The lowest BCUT2D eigenvalue weighted by Gasteiger charge is -2.42. The molecular weight excluding hydrogens is 263 g/mol. The van der Waals surface area contributed by atoms with Gasteiger partial charge in [0.05, 0.1) is 5.56 Å². The van der Waals surface area contributed by atoms with E-state index in [4.69, 9.17) is 5.73 Å². The summed E-state index contributed by atoms with van der Waals surface area (Å²) in [6, 6.07) is 5.56. The van der Waals surface area contributed by atoms with Gasteiger partial charge in [0.2, 0.25) is 0 Å². The largest absolute Gasteiger partial charge is 0.416 e. The highest BCUT2D eigenvalue weighted by Gasteiger charge is 2.37. The summed E-state index contributed by atoms with van der Waals surface area (Å²) < 4.78 is 38.2. The summed E-state index contributed by atoms with van der Waals surface area (Å²) in [5, 5.41) is 0. The third kappa shape index (κ3) is 3.35.